The summed E-state index contributed by atoms with van der Waals surface area (Å²) in [5.74, 6) is 2.09. The first-order valence-electron chi connectivity index (χ1n) is 12.5. The SMILES string of the molecule is C=C1/C(=C\C=C2/CCC[C@@]3(C)C2CC[C@@H]3[C@@H](C)CCCC(C)(C)O)C[C@@](C)(O)C[C@@H]1O. The molecular formula is C28H46O3. The molecule has 0 spiro atoms. The zero-order valence-corrected chi connectivity index (χ0v) is 20.6. The first-order valence-corrected chi connectivity index (χ1v) is 12.5. The van der Waals surface area contributed by atoms with Crippen LogP contribution in [0.4, 0.5) is 0 Å². The molecule has 0 radical (unpaired) electrons. The standard InChI is InChI=1S/C28H46O3/c1-19(9-7-15-26(3,4)30)23-13-14-24-21(10-8-16-28(23,24)6)11-12-22-17-27(5,31)18-25(29)20(22)2/h11-12,19,23-25,29-31H,2,7-10,13-18H2,1,3-6H3/b21-11+,22-12-/t19-,23+,24?,25-,27+,28+/m0/s1. The number of rotatable bonds is 6. The van der Waals surface area contributed by atoms with E-state index in [9.17, 15) is 15.3 Å². The fraction of sp³-hybridized carbons (Fsp3) is 0.786. The Morgan fingerprint density at radius 1 is 1.23 bits per heavy atom. The van der Waals surface area contributed by atoms with E-state index in [-0.39, 0.29) is 0 Å². The van der Waals surface area contributed by atoms with Gasteiger partial charge in [0.15, 0.2) is 0 Å². The number of hydrogen-bond acceptors (Lipinski definition) is 3. The topological polar surface area (TPSA) is 60.7 Å². The molecule has 1 unspecified atom stereocenters. The average Bonchev–Trinajstić information content (AvgIpc) is 2.99. The molecule has 0 aromatic rings. The lowest BCUT2D eigenvalue weighted by molar-refractivity contribution is 0.00361. The largest absolute Gasteiger partial charge is 0.390 e. The molecule has 3 heteroatoms. The van der Waals surface area contributed by atoms with E-state index in [1.54, 1.807) is 5.57 Å². The highest BCUT2D eigenvalue weighted by molar-refractivity contribution is 5.39. The Morgan fingerprint density at radius 3 is 2.61 bits per heavy atom. The van der Waals surface area contributed by atoms with Crippen LogP contribution in [-0.4, -0.2) is 32.6 Å². The summed E-state index contributed by atoms with van der Waals surface area (Å²) in [6.45, 7) is 14.7. The van der Waals surface area contributed by atoms with Crippen molar-refractivity contribution in [2.24, 2.45) is 23.2 Å². The second-order valence-corrected chi connectivity index (χ2v) is 12.1. The molecule has 3 saturated carbocycles. The van der Waals surface area contributed by atoms with Crippen LogP contribution in [0.5, 0.6) is 0 Å². The van der Waals surface area contributed by atoms with Crippen molar-refractivity contribution in [3.05, 3.63) is 35.5 Å². The highest BCUT2D eigenvalue weighted by atomic mass is 16.3. The van der Waals surface area contributed by atoms with Crippen molar-refractivity contribution in [1.29, 1.82) is 0 Å². The summed E-state index contributed by atoms with van der Waals surface area (Å²) < 4.78 is 0. The molecule has 0 aromatic heterocycles. The first-order chi connectivity index (χ1) is 14.3. The molecule has 3 rings (SSSR count). The lowest BCUT2D eigenvalue weighted by Gasteiger charge is -2.44. The Morgan fingerprint density at radius 2 is 1.94 bits per heavy atom. The second kappa shape index (κ2) is 9.15. The predicted octanol–water partition coefficient (Wildman–Crippen LogP) is 6.09. The quantitative estimate of drug-likeness (QED) is 0.477. The van der Waals surface area contributed by atoms with E-state index < -0.39 is 17.3 Å². The smallest absolute Gasteiger partial charge is 0.0814 e. The number of hydrogen-bond donors (Lipinski definition) is 3. The normalized spacial score (nSPS) is 40.4. The minimum absolute atomic E-state index is 0.366. The molecule has 176 valence electrons. The van der Waals surface area contributed by atoms with Crippen molar-refractivity contribution in [3.8, 4) is 0 Å². The van der Waals surface area contributed by atoms with Crippen LogP contribution in [0.1, 0.15) is 98.8 Å². The van der Waals surface area contributed by atoms with Gasteiger partial charge in [-0.25, -0.2) is 0 Å². The fourth-order valence-corrected chi connectivity index (χ4v) is 7.00. The van der Waals surface area contributed by atoms with Crippen LogP contribution in [0.25, 0.3) is 0 Å². The van der Waals surface area contributed by atoms with Gasteiger partial charge in [-0.05, 0) is 93.6 Å². The van der Waals surface area contributed by atoms with E-state index in [0.717, 1.165) is 36.3 Å². The van der Waals surface area contributed by atoms with Crippen molar-refractivity contribution in [1.82, 2.24) is 0 Å². The van der Waals surface area contributed by atoms with E-state index in [1.165, 1.54) is 32.1 Å². The summed E-state index contributed by atoms with van der Waals surface area (Å²) in [6, 6.07) is 0. The van der Waals surface area contributed by atoms with Gasteiger partial charge in [-0.15, -0.1) is 0 Å². The summed E-state index contributed by atoms with van der Waals surface area (Å²) in [5.41, 5.74) is 2.27. The molecule has 31 heavy (non-hydrogen) atoms. The molecule has 0 saturated heterocycles. The summed E-state index contributed by atoms with van der Waals surface area (Å²) in [5, 5.41) is 30.8. The average molecular weight is 431 g/mol. The molecule has 0 aromatic carbocycles. The maximum absolute atomic E-state index is 10.5. The zero-order chi connectivity index (χ0) is 23.0. The van der Waals surface area contributed by atoms with Crippen LogP contribution >= 0.6 is 0 Å². The van der Waals surface area contributed by atoms with Crippen LogP contribution in [0.2, 0.25) is 0 Å². The van der Waals surface area contributed by atoms with Gasteiger partial charge in [0, 0.05) is 12.8 Å². The minimum atomic E-state index is -0.858. The lowest BCUT2D eigenvalue weighted by Crippen LogP contribution is -2.37. The Bertz CT molecular complexity index is 723. The summed E-state index contributed by atoms with van der Waals surface area (Å²) in [6.07, 6.45) is 14.2. The number of allylic oxidation sites excluding steroid dienone is 3. The molecule has 0 heterocycles. The lowest BCUT2D eigenvalue weighted by atomic mass is 9.60. The van der Waals surface area contributed by atoms with Crippen LogP contribution in [0.15, 0.2) is 35.5 Å². The Balaban J connectivity index is 1.72. The Labute approximate surface area is 190 Å². The number of aliphatic hydroxyl groups is 3. The van der Waals surface area contributed by atoms with Crippen molar-refractivity contribution >= 4 is 0 Å². The van der Waals surface area contributed by atoms with Crippen LogP contribution in [-0.2, 0) is 0 Å². The van der Waals surface area contributed by atoms with Crippen LogP contribution < -0.4 is 0 Å². The molecule has 3 nitrogen and oxygen atoms in total. The van der Waals surface area contributed by atoms with Crippen molar-refractivity contribution in [3.63, 3.8) is 0 Å². The van der Waals surface area contributed by atoms with E-state index >= 15 is 0 Å². The molecule has 3 aliphatic rings. The zero-order valence-electron chi connectivity index (χ0n) is 20.6. The Kier molecular flexibility index (Phi) is 7.30. The third kappa shape index (κ3) is 5.72. The Hall–Kier alpha value is -0.900. The molecule has 6 atom stereocenters. The van der Waals surface area contributed by atoms with Gasteiger partial charge in [-0.3, -0.25) is 0 Å². The molecule has 0 aliphatic heterocycles. The molecule has 3 fully saturated rings. The van der Waals surface area contributed by atoms with E-state index in [0.29, 0.717) is 30.1 Å². The van der Waals surface area contributed by atoms with Crippen molar-refractivity contribution in [2.75, 3.05) is 0 Å². The van der Waals surface area contributed by atoms with E-state index in [4.69, 9.17) is 0 Å². The van der Waals surface area contributed by atoms with Gasteiger partial charge in [0.2, 0.25) is 0 Å². The third-order valence-corrected chi connectivity index (χ3v) is 8.69. The van der Waals surface area contributed by atoms with Gasteiger partial charge >= 0.3 is 0 Å². The maximum atomic E-state index is 10.5. The van der Waals surface area contributed by atoms with Gasteiger partial charge in [-0.2, -0.15) is 0 Å². The molecule has 0 amide bonds. The van der Waals surface area contributed by atoms with Gasteiger partial charge in [0.25, 0.3) is 0 Å². The number of fused-ring (bicyclic) bond motifs is 1. The van der Waals surface area contributed by atoms with Gasteiger partial charge in [0.1, 0.15) is 0 Å². The predicted molar refractivity (Wildman–Crippen MR) is 129 cm³/mol. The minimum Gasteiger partial charge on any atom is -0.390 e. The highest BCUT2D eigenvalue weighted by Gasteiger charge is 2.50. The second-order valence-electron chi connectivity index (χ2n) is 12.1. The third-order valence-electron chi connectivity index (χ3n) is 8.69. The van der Waals surface area contributed by atoms with Crippen LogP contribution in [0, 0.1) is 23.2 Å². The van der Waals surface area contributed by atoms with Crippen molar-refractivity contribution < 1.29 is 15.3 Å². The summed E-state index contributed by atoms with van der Waals surface area (Å²) in [4.78, 5) is 0. The molecule has 3 N–H and O–H groups in total. The summed E-state index contributed by atoms with van der Waals surface area (Å²) in [7, 11) is 0. The summed E-state index contributed by atoms with van der Waals surface area (Å²) >= 11 is 0. The molecule has 3 aliphatic carbocycles. The van der Waals surface area contributed by atoms with Gasteiger partial charge in [0.05, 0.1) is 17.3 Å². The fourth-order valence-electron chi connectivity index (χ4n) is 7.00. The van der Waals surface area contributed by atoms with E-state index in [2.05, 4.69) is 32.6 Å². The van der Waals surface area contributed by atoms with Crippen LogP contribution in [0.3, 0.4) is 0 Å². The monoisotopic (exact) mass is 430 g/mol. The van der Waals surface area contributed by atoms with Gasteiger partial charge in [-0.1, -0.05) is 51.0 Å². The van der Waals surface area contributed by atoms with E-state index in [1.807, 2.05) is 20.8 Å². The van der Waals surface area contributed by atoms with Gasteiger partial charge < -0.3 is 15.3 Å². The first kappa shape index (κ1) is 24.7. The van der Waals surface area contributed by atoms with Crippen molar-refractivity contribution in [2.45, 2.75) is 116 Å². The highest BCUT2D eigenvalue weighted by Crippen LogP contribution is 2.60. The molecular weight excluding hydrogens is 384 g/mol. The number of aliphatic hydroxyl groups excluding tert-OH is 1. The maximum Gasteiger partial charge on any atom is 0.0814 e. The molecule has 0 bridgehead atoms.